The zero-order valence-electron chi connectivity index (χ0n) is 15.3. The molecule has 3 rings (SSSR count). The highest BCUT2D eigenvalue weighted by molar-refractivity contribution is 6.00. The molecule has 2 N–H and O–H groups in total. The first-order valence-corrected chi connectivity index (χ1v) is 8.96. The molecule has 3 aromatic rings. The van der Waals surface area contributed by atoms with Crippen LogP contribution in [0.4, 0.5) is 0 Å². The first-order chi connectivity index (χ1) is 13.0. The van der Waals surface area contributed by atoms with Crippen LogP contribution in [0.5, 0.6) is 0 Å². The lowest BCUT2D eigenvalue weighted by Crippen LogP contribution is -2.24. The van der Waals surface area contributed by atoms with Crippen LogP contribution < -0.4 is 5.69 Å². The summed E-state index contributed by atoms with van der Waals surface area (Å²) in [4.78, 5) is 41.6. The first kappa shape index (κ1) is 18.6. The van der Waals surface area contributed by atoms with Crippen LogP contribution >= 0.6 is 0 Å². The Morgan fingerprint density at radius 2 is 1.74 bits per heavy atom. The fourth-order valence-electron chi connectivity index (χ4n) is 3.11. The van der Waals surface area contributed by atoms with E-state index >= 15 is 0 Å². The minimum atomic E-state index is -0.410. The Morgan fingerprint density at radius 3 is 2.44 bits per heavy atom. The molecule has 27 heavy (non-hydrogen) atoms. The van der Waals surface area contributed by atoms with Crippen LogP contribution in [0, 0.1) is 5.92 Å². The van der Waals surface area contributed by atoms with Crippen LogP contribution in [0.25, 0.3) is 11.0 Å². The van der Waals surface area contributed by atoms with Crippen LogP contribution in [-0.4, -0.2) is 28.3 Å². The number of benzene rings is 2. The number of ether oxygens (including phenoxy) is 1. The van der Waals surface area contributed by atoms with E-state index in [2.05, 4.69) is 9.97 Å². The van der Waals surface area contributed by atoms with Crippen molar-refractivity contribution in [1.29, 1.82) is 0 Å². The van der Waals surface area contributed by atoms with E-state index in [-0.39, 0.29) is 24.0 Å². The van der Waals surface area contributed by atoms with Crippen molar-refractivity contribution in [2.24, 2.45) is 5.92 Å². The monoisotopic (exact) mass is 366 g/mol. The molecule has 0 saturated heterocycles. The molecule has 0 fully saturated rings. The van der Waals surface area contributed by atoms with Crippen LogP contribution in [0.3, 0.4) is 0 Å². The summed E-state index contributed by atoms with van der Waals surface area (Å²) in [6.45, 7) is 3.68. The number of fused-ring (bicyclic) bond motifs is 1. The van der Waals surface area contributed by atoms with Crippen molar-refractivity contribution in [3.63, 3.8) is 0 Å². The maximum atomic E-state index is 12.7. The van der Waals surface area contributed by atoms with Gasteiger partial charge in [0.05, 0.1) is 17.0 Å². The Balaban J connectivity index is 1.72. The third kappa shape index (κ3) is 4.16. The Labute approximate surface area is 156 Å². The molecular weight excluding hydrogens is 344 g/mol. The Kier molecular flexibility index (Phi) is 5.54. The zero-order valence-corrected chi connectivity index (χ0v) is 15.3. The molecule has 0 unspecified atom stereocenters. The van der Waals surface area contributed by atoms with Gasteiger partial charge in [0.1, 0.15) is 0 Å². The molecule has 2 aromatic carbocycles. The second-order valence-corrected chi connectivity index (χ2v) is 6.64. The number of hydrogen-bond donors (Lipinski definition) is 2. The molecule has 6 nitrogen and oxygen atoms in total. The van der Waals surface area contributed by atoms with Gasteiger partial charge in [-0.15, -0.1) is 0 Å². The quantitative estimate of drug-likeness (QED) is 0.495. The number of carbonyl (C=O) groups excluding carboxylic acids is 2. The van der Waals surface area contributed by atoms with E-state index in [4.69, 9.17) is 4.74 Å². The van der Waals surface area contributed by atoms with Gasteiger partial charge in [-0.2, -0.15) is 0 Å². The Bertz CT molecular complexity index is 1000. The van der Waals surface area contributed by atoms with Gasteiger partial charge >= 0.3 is 11.7 Å². The molecule has 6 heteroatoms. The van der Waals surface area contributed by atoms with Gasteiger partial charge in [0, 0.05) is 5.56 Å². The summed E-state index contributed by atoms with van der Waals surface area (Å²) in [7, 11) is 0. The lowest BCUT2D eigenvalue weighted by atomic mass is 9.85. The zero-order chi connectivity index (χ0) is 19.4. The van der Waals surface area contributed by atoms with Gasteiger partial charge in [0.2, 0.25) is 0 Å². The van der Waals surface area contributed by atoms with Crippen molar-refractivity contribution in [2.75, 3.05) is 6.61 Å². The molecule has 0 saturated carbocycles. The molecule has 0 bridgehead atoms. The maximum Gasteiger partial charge on any atom is 0.323 e. The van der Waals surface area contributed by atoms with E-state index in [0.29, 0.717) is 16.6 Å². The summed E-state index contributed by atoms with van der Waals surface area (Å²) in [6.07, 6.45) is 0.820. The molecule has 0 aliphatic heterocycles. The van der Waals surface area contributed by atoms with Gasteiger partial charge in [-0.05, 0) is 29.7 Å². The van der Waals surface area contributed by atoms with Crippen molar-refractivity contribution < 1.29 is 14.3 Å². The third-order valence-electron chi connectivity index (χ3n) is 4.81. The number of ketones is 1. The van der Waals surface area contributed by atoms with Crippen molar-refractivity contribution >= 4 is 22.8 Å². The highest BCUT2D eigenvalue weighted by Gasteiger charge is 2.27. The summed E-state index contributed by atoms with van der Waals surface area (Å²) in [5, 5.41) is 0. The number of nitrogens with one attached hydrogen (secondary N) is 2. The molecule has 140 valence electrons. The number of hydrogen-bond acceptors (Lipinski definition) is 4. The van der Waals surface area contributed by atoms with E-state index in [1.165, 1.54) is 0 Å². The number of carbonyl (C=O) groups is 2. The topological polar surface area (TPSA) is 92.0 Å². The highest BCUT2D eigenvalue weighted by Crippen LogP contribution is 2.28. The lowest BCUT2D eigenvalue weighted by molar-refractivity contribution is -0.145. The number of aromatic amines is 2. The fourth-order valence-corrected chi connectivity index (χ4v) is 3.11. The minimum Gasteiger partial charge on any atom is -0.457 e. The predicted octanol–water partition coefficient (Wildman–Crippen LogP) is 3.41. The Morgan fingerprint density at radius 1 is 1.04 bits per heavy atom. The van der Waals surface area contributed by atoms with Crippen molar-refractivity contribution in [3.05, 3.63) is 70.1 Å². The van der Waals surface area contributed by atoms with Gasteiger partial charge in [-0.25, -0.2) is 4.79 Å². The molecule has 0 aliphatic rings. The standard InChI is InChI=1S/C21H22N2O4/c1-3-13(2)19(14-7-5-4-6-8-14)20(25)27-12-18(24)15-9-10-16-17(11-15)23-21(26)22-16/h4-11,13,19H,3,12H2,1-2H3,(H2,22,23,26)/t13-,19-/m0/s1. The van der Waals surface area contributed by atoms with E-state index in [1.807, 2.05) is 44.2 Å². The molecule has 1 aromatic heterocycles. The van der Waals surface area contributed by atoms with Crippen LogP contribution in [0.15, 0.2) is 53.3 Å². The molecule has 0 amide bonds. The normalized spacial score (nSPS) is 13.3. The Hall–Kier alpha value is -3.15. The van der Waals surface area contributed by atoms with E-state index < -0.39 is 11.9 Å². The van der Waals surface area contributed by atoms with E-state index in [0.717, 1.165) is 12.0 Å². The molecular formula is C21H22N2O4. The molecule has 1 heterocycles. The first-order valence-electron chi connectivity index (χ1n) is 8.96. The third-order valence-corrected chi connectivity index (χ3v) is 4.81. The lowest BCUT2D eigenvalue weighted by Gasteiger charge is -2.21. The summed E-state index contributed by atoms with van der Waals surface area (Å²) >= 11 is 0. The number of H-pyrrole nitrogens is 2. The van der Waals surface area contributed by atoms with E-state index in [1.54, 1.807) is 18.2 Å². The second kappa shape index (κ2) is 8.03. The van der Waals surface area contributed by atoms with Crippen molar-refractivity contribution in [1.82, 2.24) is 9.97 Å². The van der Waals surface area contributed by atoms with E-state index in [9.17, 15) is 14.4 Å². The largest absolute Gasteiger partial charge is 0.457 e. The number of imidazole rings is 1. The summed E-state index contributed by atoms with van der Waals surface area (Å²) in [6, 6.07) is 14.3. The summed E-state index contributed by atoms with van der Waals surface area (Å²) < 4.78 is 5.35. The number of rotatable bonds is 7. The average Bonchev–Trinajstić information content (AvgIpc) is 3.06. The van der Waals surface area contributed by atoms with Crippen LogP contribution in [0.2, 0.25) is 0 Å². The molecule has 2 atom stereocenters. The fraction of sp³-hybridized carbons (Fsp3) is 0.286. The van der Waals surface area contributed by atoms with Crippen LogP contribution in [0.1, 0.15) is 42.1 Å². The van der Waals surface area contributed by atoms with Gasteiger partial charge in [0.25, 0.3) is 0 Å². The summed E-state index contributed by atoms with van der Waals surface area (Å²) in [5.74, 6) is -1.04. The summed E-state index contributed by atoms with van der Waals surface area (Å²) in [5.41, 5.74) is 2.09. The number of esters is 1. The SMILES string of the molecule is CC[C@H](C)[C@H](C(=O)OCC(=O)c1ccc2[nH]c(=O)[nH]c2c1)c1ccccc1. The molecule has 0 radical (unpaired) electrons. The number of Topliss-reactive ketones (excluding diaryl/α,β-unsaturated/α-hetero) is 1. The van der Waals surface area contributed by atoms with Crippen molar-refractivity contribution in [3.8, 4) is 0 Å². The molecule has 0 aliphatic carbocycles. The number of aromatic nitrogens is 2. The van der Waals surface area contributed by atoms with Crippen molar-refractivity contribution in [2.45, 2.75) is 26.2 Å². The van der Waals surface area contributed by atoms with Crippen LogP contribution in [-0.2, 0) is 9.53 Å². The predicted molar refractivity (Wildman–Crippen MR) is 103 cm³/mol. The minimum absolute atomic E-state index is 0.0938. The second-order valence-electron chi connectivity index (χ2n) is 6.64. The van der Waals surface area contributed by atoms with Gasteiger partial charge in [-0.3, -0.25) is 9.59 Å². The molecule has 0 spiro atoms. The highest BCUT2D eigenvalue weighted by atomic mass is 16.5. The van der Waals surface area contributed by atoms with Gasteiger partial charge < -0.3 is 14.7 Å². The average molecular weight is 366 g/mol. The smallest absolute Gasteiger partial charge is 0.323 e. The van der Waals surface area contributed by atoms with Gasteiger partial charge in [-0.1, -0.05) is 50.6 Å². The van der Waals surface area contributed by atoms with Gasteiger partial charge in [0.15, 0.2) is 12.4 Å². The maximum absolute atomic E-state index is 12.7.